The second-order valence-corrected chi connectivity index (χ2v) is 8.02. The monoisotopic (exact) mass is 386 g/mol. The van der Waals surface area contributed by atoms with Gasteiger partial charge < -0.3 is 5.11 Å². The van der Waals surface area contributed by atoms with Gasteiger partial charge >= 0.3 is 0 Å². The van der Waals surface area contributed by atoms with Crippen LogP contribution < -0.4 is 0 Å². The second kappa shape index (κ2) is 9.84. The summed E-state index contributed by atoms with van der Waals surface area (Å²) in [5, 5.41) is 10.9. The van der Waals surface area contributed by atoms with Crippen LogP contribution in [-0.2, 0) is 19.6 Å². The summed E-state index contributed by atoms with van der Waals surface area (Å²) < 4.78 is 0. The van der Waals surface area contributed by atoms with E-state index in [1.165, 1.54) is 16.7 Å². The van der Waals surface area contributed by atoms with Gasteiger partial charge in [-0.05, 0) is 23.1 Å². The zero-order valence-electron chi connectivity index (χ0n) is 16.9. The Morgan fingerprint density at radius 1 is 0.724 bits per heavy atom. The van der Waals surface area contributed by atoms with E-state index in [0.717, 1.165) is 39.1 Å². The number of likely N-dealkylation sites (tertiary alicyclic amines) is 1. The Bertz CT molecular complexity index is 812. The van der Waals surface area contributed by atoms with Crippen LogP contribution in [0.25, 0.3) is 0 Å². The lowest BCUT2D eigenvalue weighted by Gasteiger charge is -2.42. The molecule has 1 fully saturated rings. The summed E-state index contributed by atoms with van der Waals surface area (Å²) in [5.74, 6) is 0. The average molecular weight is 387 g/mol. The van der Waals surface area contributed by atoms with Crippen LogP contribution in [0.2, 0.25) is 0 Å². The minimum absolute atomic E-state index is 0.118. The Labute approximate surface area is 174 Å². The second-order valence-electron chi connectivity index (χ2n) is 8.02. The highest BCUT2D eigenvalue weighted by atomic mass is 16.3. The Morgan fingerprint density at radius 2 is 1.21 bits per heavy atom. The summed E-state index contributed by atoms with van der Waals surface area (Å²) in [6.07, 6.45) is 0.520. The number of aliphatic hydroxyl groups excluding tert-OH is 1. The topological polar surface area (TPSA) is 26.7 Å². The Hall–Kier alpha value is -2.46. The van der Waals surface area contributed by atoms with E-state index >= 15 is 0 Å². The molecule has 0 radical (unpaired) electrons. The van der Waals surface area contributed by atoms with E-state index < -0.39 is 0 Å². The molecule has 0 aromatic heterocycles. The number of rotatable bonds is 7. The first kappa shape index (κ1) is 19.8. The zero-order chi connectivity index (χ0) is 19.9. The van der Waals surface area contributed by atoms with Crippen molar-refractivity contribution in [3.05, 3.63) is 108 Å². The molecule has 0 bridgehead atoms. The van der Waals surface area contributed by atoms with Crippen molar-refractivity contribution in [2.24, 2.45) is 0 Å². The highest BCUT2D eigenvalue weighted by molar-refractivity contribution is 5.18. The predicted octanol–water partition coefficient (Wildman–Crippen LogP) is 4.32. The fourth-order valence-electron chi connectivity index (χ4n) is 4.26. The molecule has 0 aliphatic carbocycles. The number of hydrogen-bond donors (Lipinski definition) is 1. The zero-order valence-corrected chi connectivity index (χ0v) is 16.9. The van der Waals surface area contributed by atoms with Crippen LogP contribution in [0.1, 0.15) is 23.1 Å². The molecule has 1 heterocycles. The van der Waals surface area contributed by atoms with E-state index in [-0.39, 0.29) is 12.1 Å². The summed E-state index contributed by atoms with van der Waals surface area (Å²) in [6, 6.07) is 31.9. The van der Waals surface area contributed by atoms with Crippen LogP contribution in [0.5, 0.6) is 0 Å². The summed E-state index contributed by atoms with van der Waals surface area (Å²) in [5.41, 5.74) is 3.91. The molecule has 1 saturated heterocycles. The van der Waals surface area contributed by atoms with Gasteiger partial charge in [0, 0.05) is 38.8 Å². The standard InChI is InChI=1S/C26H30N2O/c29-26-16-17-27(18-22-10-4-1-5-11-22)21-25(26)28(19-23-12-6-2-7-13-23)20-24-14-8-3-9-15-24/h1-15,25-26,29H,16-21H2/t25-,26?/m1/s1. The Kier molecular flexibility index (Phi) is 6.73. The number of nitrogens with zero attached hydrogens (tertiary/aromatic N) is 2. The number of hydrogen-bond acceptors (Lipinski definition) is 3. The van der Waals surface area contributed by atoms with Gasteiger partial charge in [0.25, 0.3) is 0 Å². The quantitative estimate of drug-likeness (QED) is 0.655. The number of piperidine rings is 1. The molecule has 1 N–H and O–H groups in total. The minimum Gasteiger partial charge on any atom is -0.391 e. The van der Waals surface area contributed by atoms with Crippen LogP contribution in [-0.4, -0.2) is 40.1 Å². The first-order chi connectivity index (χ1) is 14.3. The van der Waals surface area contributed by atoms with E-state index in [1.807, 2.05) is 0 Å². The van der Waals surface area contributed by atoms with E-state index in [1.54, 1.807) is 0 Å². The smallest absolute Gasteiger partial charge is 0.0720 e. The summed E-state index contributed by atoms with van der Waals surface area (Å²) >= 11 is 0. The van der Waals surface area contributed by atoms with Gasteiger partial charge in [-0.1, -0.05) is 91.0 Å². The van der Waals surface area contributed by atoms with Crippen LogP contribution in [0.3, 0.4) is 0 Å². The van der Waals surface area contributed by atoms with Crippen molar-refractivity contribution in [3.63, 3.8) is 0 Å². The molecular formula is C26H30N2O. The van der Waals surface area contributed by atoms with Crippen LogP contribution in [0.15, 0.2) is 91.0 Å². The molecule has 3 aromatic carbocycles. The van der Waals surface area contributed by atoms with Crippen molar-refractivity contribution in [1.29, 1.82) is 0 Å². The van der Waals surface area contributed by atoms with Gasteiger partial charge in [0.1, 0.15) is 0 Å². The largest absolute Gasteiger partial charge is 0.391 e. The summed E-state index contributed by atoms with van der Waals surface area (Å²) in [7, 11) is 0. The molecule has 0 amide bonds. The van der Waals surface area contributed by atoms with E-state index in [9.17, 15) is 5.11 Å². The molecule has 4 rings (SSSR count). The lowest BCUT2D eigenvalue weighted by molar-refractivity contribution is -0.0209. The highest BCUT2D eigenvalue weighted by Crippen LogP contribution is 2.23. The van der Waals surface area contributed by atoms with Gasteiger partial charge in [-0.25, -0.2) is 0 Å². The fourth-order valence-corrected chi connectivity index (χ4v) is 4.26. The molecule has 3 nitrogen and oxygen atoms in total. The van der Waals surface area contributed by atoms with Gasteiger partial charge in [0.2, 0.25) is 0 Å². The first-order valence-corrected chi connectivity index (χ1v) is 10.5. The third-order valence-corrected chi connectivity index (χ3v) is 5.81. The molecule has 1 unspecified atom stereocenters. The van der Waals surface area contributed by atoms with Crippen molar-refractivity contribution in [1.82, 2.24) is 9.80 Å². The van der Waals surface area contributed by atoms with E-state index in [4.69, 9.17) is 0 Å². The molecule has 150 valence electrons. The third-order valence-electron chi connectivity index (χ3n) is 5.81. The maximum atomic E-state index is 10.9. The SMILES string of the molecule is OC1CCN(Cc2ccccc2)C[C@H]1N(Cc1ccccc1)Cc1ccccc1. The van der Waals surface area contributed by atoms with Crippen molar-refractivity contribution < 1.29 is 5.11 Å². The lowest BCUT2D eigenvalue weighted by Crippen LogP contribution is -2.54. The summed E-state index contributed by atoms with van der Waals surface area (Å²) in [6.45, 7) is 4.45. The minimum atomic E-state index is -0.297. The Balaban J connectivity index is 1.52. The van der Waals surface area contributed by atoms with Crippen molar-refractivity contribution in [3.8, 4) is 0 Å². The first-order valence-electron chi connectivity index (χ1n) is 10.5. The van der Waals surface area contributed by atoms with Crippen molar-refractivity contribution in [2.45, 2.75) is 38.2 Å². The molecule has 3 heteroatoms. The van der Waals surface area contributed by atoms with E-state index in [2.05, 4.69) is 101 Å². The molecule has 0 saturated carbocycles. The van der Waals surface area contributed by atoms with Crippen molar-refractivity contribution >= 4 is 0 Å². The molecule has 3 aromatic rings. The van der Waals surface area contributed by atoms with Crippen molar-refractivity contribution in [2.75, 3.05) is 13.1 Å². The number of benzene rings is 3. The van der Waals surface area contributed by atoms with E-state index in [0.29, 0.717) is 0 Å². The van der Waals surface area contributed by atoms with Crippen LogP contribution in [0, 0.1) is 0 Å². The van der Waals surface area contributed by atoms with Crippen LogP contribution in [0.4, 0.5) is 0 Å². The maximum Gasteiger partial charge on any atom is 0.0720 e. The Morgan fingerprint density at radius 3 is 1.72 bits per heavy atom. The third kappa shape index (κ3) is 5.54. The average Bonchev–Trinajstić information content (AvgIpc) is 2.77. The van der Waals surface area contributed by atoms with Gasteiger partial charge in [0.05, 0.1) is 6.10 Å². The summed E-state index contributed by atoms with van der Waals surface area (Å²) in [4.78, 5) is 4.93. The number of aliphatic hydroxyl groups is 1. The van der Waals surface area contributed by atoms with Gasteiger partial charge in [-0.15, -0.1) is 0 Å². The highest BCUT2D eigenvalue weighted by Gasteiger charge is 2.32. The van der Waals surface area contributed by atoms with Gasteiger partial charge in [-0.2, -0.15) is 0 Å². The fraction of sp³-hybridized carbons (Fsp3) is 0.308. The molecule has 2 atom stereocenters. The van der Waals surface area contributed by atoms with Gasteiger partial charge in [0.15, 0.2) is 0 Å². The maximum absolute atomic E-state index is 10.9. The normalized spacial score (nSPS) is 20.1. The molecule has 1 aliphatic heterocycles. The molecule has 1 aliphatic rings. The molecule has 29 heavy (non-hydrogen) atoms. The van der Waals surface area contributed by atoms with Gasteiger partial charge in [-0.3, -0.25) is 9.80 Å². The lowest BCUT2D eigenvalue weighted by atomic mass is 9.98. The molecule has 0 spiro atoms. The van der Waals surface area contributed by atoms with Crippen LogP contribution >= 0.6 is 0 Å². The molecular weight excluding hydrogens is 356 g/mol. The predicted molar refractivity (Wildman–Crippen MR) is 118 cm³/mol.